The van der Waals surface area contributed by atoms with Gasteiger partial charge < -0.3 is 0 Å². The van der Waals surface area contributed by atoms with Crippen LogP contribution in [0.2, 0.25) is 0 Å². The first-order valence-corrected chi connectivity index (χ1v) is 20.8. The molecule has 9 rings (SSSR count). The standard InChI is InChI=1S/C42B26N4/c43-9-1(35-31(65)20(54)5-10(44)12(46)7-22(56)33(67)37(71-41(7)39(5)69-35)3-16(50)25(59)29(63)26(60)17(3)51)14(48)24(58)15(49)2(9)36-32(66)21(55)6-11(45)13(47)8-23(57)34(68)38(72-42(8)40(6)70-36)4-18(52)27(61)30(64)28(62)19(4)53. The van der Waals surface area contributed by atoms with Crippen LogP contribution in [0.25, 0.3) is 88.6 Å². The highest BCUT2D eigenvalue weighted by Gasteiger charge is 2.28. The van der Waals surface area contributed by atoms with Gasteiger partial charge in [0.05, 0.1) is 44.8 Å². The molecule has 0 amide bonds. The summed E-state index contributed by atoms with van der Waals surface area (Å²) in [4.78, 5) is 19.5. The van der Waals surface area contributed by atoms with Crippen LogP contribution in [-0.2, 0) is 0 Å². The van der Waals surface area contributed by atoms with Crippen molar-refractivity contribution in [1.82, 2.24) is 19.9 Å². The summed E-state index contributed by atoms with van der Waals surface area (Å²) in [6, 6.07) is 0. The molecule has 0 saturated carbocycles. The monoisotopic (exact) mass is 846 g/mol. The van der Waals surface area contributed by atoms with Gasteiger partial charge in [0.2, 0.25) is 0 Å². The first-order valence-electron chi connectivity index (χ1n) is 20.8. The number of aromatic nitrogens is 4. The lowest BCUT2D eigenvalue weighted by Crippen LogP contribution is -2.56. The van der Waals surface area contributed by atoms with E-state index in [4.69, 9.17) is 224 Å². The molecule has 52 radical (unpaired) electrons. The zero-order valence-electron chi connectivity index (χ0n) is 37.8. The van der Waals surface area contributed by atoms with Crippen LogP contribution in [0, 0.1) is 0 Å². The van der Waals surface area contributed by atoms with Crippen LogP contribution in [-0.4, -0.2) is 224 Å². The Kier molecular flexibility index (Phi) is 13.1. The Morgan fingerprint density at radius 3 is 0.472 bits per heavy atom. The van der Waals surface area contributed by atoms with Crippen molar-refractivity contribution in [3.63, 3.8) is 0 Å². The summed E-state index contributed by atoms with van der Waals surface area (Å²) in [6.45, 7) is 0. The van der Waals surface area contributed by atoms with Crippen molar-refractivity contribution in [3.8, 4) is 45.0 Å². The summed E-state index contributed by atoms with van der Waals surface area (Å²) in [5, 5.41) is 0.191. The Balaban J connectivity index is 1.39. The predicted molar refractivity (Wildman–Crippen MR) is 329 cm³/mol. The molecular formula is C42B26N4. The van der Waals surface area contributed by atoms with Gasteiger partial charge in [-0.15, -0.1) is 38.2 Å². The highest BCUT2D eigenvalue weighted by molar-refractivity contribution is 6.74. The SMILES string of the molecule is [B]c1c([B])c([B])c(-c2nc3c(c([B])c2[B])c([B])c([B])c2c([B])c([B])c(-c4c([B])c([B])c([B])c(-c5nc6c(c([B])c5[B])c([B])c([B])c5c([B])c([B])c(-c7c([B])c([B])c([B])c([B])c7[B])nc56)c4[B])nc23)c([B])c1[B]. The quantitative estimate of drug-likeness (QED) is 0.131. The Labute approximate surface area is 451 Å². The summed E-state index contributed by atoms with van der Waals surface area (Å²) in [5.74, 6) is 0. The van der Waals surface area contributed by atoms with Gasteiger partial charge in [-0.25, -0.2) is 19.9 Å². The average molecular weight is 842 g/mol. The summed E-state index contributed by atoms with van der Waals surface area (Å²) in [5.41, 5.74) is -4.34. The van der Waals surface area contributed by atoms with E-state index >= 15 is 0 Å². The number of benzene rings is 5. The first kappa shape index (κ1) is 52.3. The van der Waals surface area contributed by atoms with E-state index in [1.165, 1.54) is 0 Å². The van der Waals surface area contributed by atoms with Crippen LogP contribution in [0.3, 0.4) is 0 Å². The number of rotatable bonds is 4. The van der Waals surface area contributed by atoms with E-state index in [9.17, 15) is 0 Å². The van der Waals surface area contributed by atoms with Crippen molar-refractivity contribution in [3.05, 3.63) is 0 Å². The first-order chi connectivity index (χ1) is 33.6. The minimum atomic E-state index is -0.243. The van der Waals surface area contributed by atoms with E-state index in [2.05, 4.69) is 0 Å². The number of fused-ring (bicyclic) bond motifs is 6. The molecule has 0 saturated heterocycles. The van der Waals surface area contributed by atoms with E-state index < -0.39 is 0 Å². The summed E-state index contributed by atoms with van der Waals surface area (Å²) < 4.78 is 0. The Morgan fingerprint density at radius 1 is 0.139 bits per heavy atom. The largest absolute Gasteiger partial charge is 0.246 e. The predicted octanol–water partition coefficient (Wildman–Crippen LogP) is -20.8. The Morgan fingerprint density at radius 2 is 0.278 bits per heavy atom. The van der Waals surface area contributed by atoms with Crippen LogP contribution >= 0.6 is 0 Å². The molecule has 9 aromatic rings. The van der Waals surface area contributed by atoms with Gasteiger partial charge in [0.15, 0.2) is 0 Å². The second-order valence-electron chi connectivity index (χ2n) is 17.0. The molecule has 0 spiro atoms. The van der Waals surface area contributed by atoms with Gasteiger partial charge in [-0.1, -0.05) is 104 Å². The molecule has 0 N–H and O–H groups in total. The van der Waals surface area contributed by atoms with E-state index in [0.717, 1.165) is 0 Å². The van der Waals surface area contributed by atoms with E-state index in [-0.39, 0.29) is 231 Å². The maximum absolute atomic E-state index is 7.11. The molecule has 30 heteroatoms. The lowest BCUT2D eigenvalue weighted by molar-refractivity contribution is 1.40. The van der Waals surface area contributed by atoms with Gasteiger partial charge in [-0.05, 0) is 43.8 Å². The molecule has 266 valence electrons. The van der Waals surface area contributed by atoms with E-state index in [1.807, 2.05) is 0 Å². The molecule has 0 aliphatic carbocycles. The third-order valence-electron chi connectivity index (χ3n) is 13.2. The van der Waals surface area contributed by atoms with Gasteiger partial charge in [0.1, 0.15) is 204 Å². The van der Waals surface area contributed by atoms with Crippen molar-refractivity contribution in [1.29, 1.82) is 0 Å². The summed E-state index contributed by atoms with van der Waals surface area (Å²) in [6.07, 6.45) is 0. The topological polar surface area (TPSA) is 51.6 Å². The maximum atomic E-state index is 7.11. The van der Waals surface area contributed by atoms with Crippen molar-refractivity contribution in [2.75, 3.05) is 0 Å². The van der Waals surface area contributed by atoms with E-state index in [1.54, 1.807) is 0 Å². The molecule has 4 heterocycles. The molecule has 0 aliphatic rings. The normalized spacial score (nSPS) is 11.7. The fourth-order valence-electron chi connectivity index (χ4n) is 9.10. The zero-order valence-corrected chi connectivity index (χ0v) is 37.8. The zero-order chi connectivity index (χ0) is 53.1. The molecule has 4 aromatic heterocycles. The molecule has 0 bridgehead atoms. The van der Waals surface area contributed by atoms with Gasteiger partial charge in [-0.3, -0.25) is 0 Å². The van der Waals surface area contributed by atoms with Crippen molar-refractivity contribution < 1.29 is 0 Å². The van der Waals surface area contributed by atoms with Crippen LogP contribution in [0.5, 0.6) is 0 Å². The van der Waals surface area contributed by atoms with Gasteiger partial charge in [-0.2, -0.15) is 0 Å². The lowest BCUT2D eigenvalue weighted by Gasteiger charge is -2.28. The number of pyridine rings is 4. The Hall–Kier alpha value is -4.57. The van der Waals surface area contributed by atoms with Crippen molar-refractivity contribution >= 4 is 390 Å². The maximum Gasteiger partial charge on any atom is 0.116 e. The minimum absolute atomic E-state index is 0.00405. The third-order valence-corrected chi connectivity index (χ3v) is 13.2. The van der Waals surface area contributed by atoms with Crippen molar-refractivity contribution in [2.24, 2.45) is 0 Å². The number of hydrogen-bond donors (Lipinski definition) is 0. The fourth-order valence-corrected chi connectivity index (χ4v) is 9.10. The molecule has 0 fully saturated rings. The molecule has 0 unspecified atom stereocenters. The van der Waals surface area contributed by atoms with Crippen molar-refractivity contribution in [2.45, 2.75) is 0 Å². The lowest BCUT2D eigenvalue weighted by atomic mass is 9.59. The minimum Gasteiger partial charge on any atom is -0.246 e. The van der Waals surface area contributed by atoms with Crippen LogP contribution in [0.15, 0.2) is 0 Å². The number of hydrogen-bond acceptors (Lipinski definition) is 4. The fraction of sp³-hybridized carbons (Fsp3) is 0. The molecule has 5 aromatic carbocycles. The van der Waals surface area contributed by atoms with Crippen LogP contribution in [0.4, 0.5) is 0 Å². The molecule has 4 nitrogen and oxygen atoms in total. The van der Waals surface area contributed by atoms with Gasteiger partial charge in [0.25, 0.3) is 0 Å². The third kappa shape index (κ3) is 7.11. The van der Waals surface area contributed by atoms with Gasteiger partial charge >= 0.3 is 0 Å². The Bertz CT molecular complexity index is 3750. The molecule has 72 heavy (non-hydrogen) atoms. The highest BCUT2D eigenvalue weighted by atomic mass is 14.8. The number of nitrogens with zero attached hydrogens (tertiary/aromatic N) is 4. The second-order valence-corrected chi connectivity index (χ2v) is 17.0. The molecular weight excluding hydrogens is 842 g/mol. The van der Waals surface area contributed by atoms with Gasteiger partial charge in [0, 0.05) is 0 Å². The van der Waals surface area contributed by atoms with Crippen LogP contribution < -0.4 is 142 Å². The smallest absolute Gasteiger partial charge is 0.116 e. The molecule has 0 aliphatic heterocycles. The average Bonchev–Trinajstić information content (AvgIpc) is 3.34. The summed E-state index contributed by atoms with van der Waals surface area (Å²) >= 11 is 0. The molecule has 0 atom stereocenters. The highest BCUT2D eigenvalue weighted by Crippen LogP contribution is 2.25. The summed E-state index contributed by atoms with van der Waals surface area (Å²) in [7, 11) is 171. The second kappa shape index (κ2) is 18.1. The van der Waals surface area contributed by atoms with E-state index in [0.29, 0.717) is 0 Å². The van der Waals surface area contributed by atoms with Crippen LogP contribution in [0.1, 0.15) is 0 Å².